The molecule has 0 spiro atoms. The predicted molar refractivity (Wildman–Crippen MR) is 124 cm³/mol. The molecule has 4 rings (SSSR count). The van der Waals surface area contributed by atoms with E-state index in [-0.39, 0.29) is 17.8 Å². The van der Waals surface area contributed by atoms with Crippen LogP contribution >= 0.6 is 0 Å². The molecule has 162 valence electrons. The van der Waals surface area contributed by atoms with Crippen LogP contribution in [0.2, 0.25) is 0 Å². The van der Waals surface area contributed by atoms with E-state index in [4.69, 9.17) is 0 Å². The molecule has 0 aliphatic rings. The van der Waals surface area contributed by atoms with Crippen molar-refractivity contribution in [1.82, 2.24) is 28.0 Å². The summed E-state index contributed by atoms with van der Waals surface area (Å²) in [7, 11) is 5.76. The Bertz CT molecular complexity index is 1370. The van der Waals surface area contributed by atoms with E-state index in [1.54, 1.807) is 7.05 Å². The Kier molecular flexibility index (Phi) is 5.65. The summed E-state index contributed by atoms with van der Waals surface area (Å²) in [5.74, 6) is 0.691. The molecule has 1 aromatic carbocycles. The van der Waals surface area contributed by atoms with E-state index in [1.807, 2.05) is 74.1 Å². The molecule has 4 aromatic rings. The Balaban J connectivity index is 1.77. The lowest BCUT2D eigenvalue weighted by atomic mass is 10.2. The summed E-state index contributed by atoms with van der Waals surface area (Å²) in [5, 5.41) is 0. The maximum absolute atomic E-state index is 13.3. The monoisotopic (exact) mass is 420 g/mol. The van der Waals surface area contributed by atoms with Crippen LogP contribution in [-0.2, 0) is 20.1 Å². The van der Waals surface area contributed by atoms with Crippen molar-refractivity contribution in [2.75, 3.05) is 20.6 Å². The summed E-state index contributed by atoms with van der Waals surface area (Å²) in [5.41, 5.74) is 2.20. The van der Waals surface area contributed by atoms with Gasteiger partial charge in [0.15, 0.2) is 11.2 Å². The van der Waals surface area contributed by atoms with Gasteiger partial charge in [-0.15, -0.1) is 0 Å². The van der Waals surface area contributed by atoms with Gasteiger partial charge < -0.3 is 9.47 Å². The number of hydrogen-bond donors (Lipinski definition) is 0. The molecule has 0 amide bonds. The Morgan fingerprint density at radius 3 is 2.55 bits per heavy atom. The topological polar surface area (TPSA) is 69.5 Å². The van der Waals surface area contributed by atoms with Crippen molar-refractivity contribution in [3.63, 3.8) is 0 Å². The first-order valence-electron chi connectivity index (χ1n) is 10.4. The fourth-order valence-electron chi connectivity index (χ4n) is 3.90. The molecule has 0 atom stereocenters. The third kappa shape index (κ3) is 3.86. The van der Waals surface area contributed by atoms with Gasteiger partial charge in [0.2, 0.25) is 5.78 Å². The molecule has 31 heavy (non-hydrogen) atoms. The summed E-state index contributed by atoms with van der Waals surface area (Å²) in [4.78, 5) is 33.0. The number of hydrogen-bond acceptors (Lipinski definition) is 4. The first-order valence-corrected chi connectivity index (χ1v) is 10.4. The zero-order valence-electron chi connectivity index (χ0n) is 18.4. The molecule has 3 aromatic heterocycles. The van der Waals surface area contributed by atoms with Crippen LogP contribution < -0.4 is 11.2 Å². The number of rotatable bonds is 7. The van der Waals surface area contributed by atoms with Crippen molar-refractivity contribution >= 4 is 23.0 Å². The summed E-state index contributed by atoms with van der Waals surface area (Å²) in [6, 6.07) is 9.80. The lowest BCUT2D eigenvalue weighted by Crippen LogP contribution is -2.39. The second kappa shape index (κ2) is 8.39. The number of benzene rings is 1. The van der Waals surface area contributed by atoms with E-state index < -0.39 is 0 Å². The Labute approximate surface area is 180 Å². The van der Waals surface area contributed by atoms with Crippen molar-refractivity contribution in [3.8, 4) is 0 Å². The van der Waals surface area contributed by atoms with Gasteiger partial charge in [-0.1, -0.05) is 42.5 Å². The molecular formula is C23H28N6O2. The molecule has 0 radical (unpaired) electrons. The maximum atomic E-state index is 13.3. The average molecular weight is 421 g/mol. The van der Waals surface area contributed by atoms with Gasteiger partial charge in [0.05, 0.1) is 0 Å². The van der Waals surface area contributed by atoms with Crippen LogP contribution in [0, 0.1) is 6.92 Å². The largest absolute Gasteiger partial charge is 0.332 e. The van der Waals surface area contributed by atoms with Crippen LogP contribution in [0.3, 0.4) is 0 Å². The minimum Gasteiger partial charge on any atom is -0.314 e. The molecule has 8 heteroatoms. The third-order valence-corrected chi connectivity index (χ3v) is 5.53. The third-order valence-electron chi connectivity index (χ3n) is 5.53. The van der Waals surface area contributed by atoms with Crippen LogP contribution in [0.1, 0.15) is 17.7 Å². The van der Waals surface area contributed by atoms with Gasteiger partial charge in [0.25, 0.3) is 5.56 Å². The molecule has 0 aliphatic heterocycles. The Hall–Kier alpha value is -3.39. The van der Waals surface area contributed by atoms with E-state index in [0.29, 0.717) is 16.9 Å². The second-order valence-electron chi connectivity index (χ2n) is 8.10. The first-order chi connectivity index (χ1) is 14.9. The number of imidazole rings is 2. The van der Waals surface area contributed by atoms with Gasteiger partial charge in [0.1, 0.15) is 0 Å². The number of aryl methyl sites for hydroxylation is 3. The molecule has 0 N–H and O–H groups in total. The summed E-state index contributed by atoms with van der Waals surface area (Å²) < 4.78 is 6.64. The quantitative estimate of drug-likeness (QED) is 0.459. The molecule has 0 saturated heterocycles. The standard InChI is InChI=1S/C23H28N6O2/c1-17-16-29-19-20(24-22(29)27(17)15-9-13-25(2)3)26(4)23(31)28(21(19)30)14-8-12-18-10-6-5-7-11-18/h5-8,10-12,16H,9,13-15H2,1-4H3. The zero-order valence-corrected chi connectivity index (χ0v) is 18.4. The van der Waals surface area contributed by atoms with E-state index in [1.165, 1.54) is 9.13 Å². The SMILES string of the molecule is Cc1cn2c3c(=O)n(CC=Cc4ccccc4)c(=O)n(C)c3nc2n1CCCN(C)C. The number of allylic oxidation sites excluding steroid dienone is 1. The van der Waals surface area contributed by atoms with E-state index in [2.05, 4.69) is 14.5 Å². The fraction of sp³-hybridized carbons (Fsp3) is 0.348. The van der Waals surface area contributed by atoms with Crippen molar-refractivity contribution in [2.24, 2.45) is 7.05 Å². The van der Waals surface area contributed by atoms with Crippen molar-refractivity contribution in [3.05, 3.63) is 74.7 Å². The van der Waals surface area contributed by atoms with Crippen molar-refractivity contribution < 1.29 is 0 Å². The van der Waals surface area contributed by atoms with Crippen LogP contribution in [0.15, 0.2) is 52.2 Å². The van der Waals surface area contributed by atoms with Crippen LogP contribution in [0.25, 0.3) is 23.0 Å². The fourth-order valence-corrected chi connectivity index (χ4v) is 3.90. The first kappa shape index (κ1) is 20.9. The lowest BCUT2D eigenvalue weighted by molar-refractivity contribution is 0.387. The van der Waals surface area contributed by atoms with Gasteiger partial charge >= 0.3 is 5.69 Å². The minimum absolute atomic E-state index is 0.200. The number of aromatic nitrogens is 5. The zero-order chi connectivity index (χ0) is 22.1. The van der Waals surface area contributed by atoms with Gasteiger partial charge in [-0.2, -0.15) is 4.98 Å². The highest BCUT2D eigenvalue weighted by atomic mass is 16.2. The summed E-state index contributed by atoms with van der Waals surface area (Å²) in [6.45, 7) is 3.97. The van der Waals surface area contributed by atoms with Crippen molar-refractivity contribution in [2.45, 2.75) is 26.4 Å². The summed E-state index contributed by atoms with van der Waals surface area (Å²) >= 11 is 0. The van der Waals surface area contributed by atoms with Gasteiger partial charge in [-0.05, 0) is 39.5 Å². The normalized spacial score (nSPS) is 12.2. The molecule has 3 heterocycles. The highest BCUT2D eigenvalue weighted by molar-refractivity contribution is 5.75. The van der Waals surface area contributed by atoms with Crippen molar-refractivity contribution in [1.29, 1.82) is 0 Å². The number of nitrogens with zero attached hydrogens (tertiary/aromatic N) is 6. The van der Waals surface area contributed by atoms with Crippen LogP contribution in [0.5, 0.6) is 0 Å². The van der Waals surface area contributed by atoms with Gasteiger partial charge in [-0.25, -0.2) is 4.79 Å². The van der Waals surface area contributed by atoms with E-state index in [0.717, 1.165) is 30.8 Å². The predicted octanol–water partition coefficient (Wildman–Crippen LogP) is 2.12. The smallest absolute Gasteiger partial charge is 0.314 e. The molecular weight excluding hydrogens is 392 g/mol. The molecule has 0 bridgehead atoms. The molecule has 0 unspecified atom stereocenters. The Morgan fingerprint density at radius 2 is 1.84 bits per heavy atom. The maximum Gasteiger partial charge on any atom is 0.332 e. The molecule has 8 nitrogen and oxygen atoms in total. The molecule has 0 fully saturated rings. The van der Waals surface area contributed by atoms with Gasteiger partial charge in [0, 0.05) is 32.0 Å². The molecule has 0 saturated carbocycles. The highest BCUT2D eigenvalue weighted by Crippen LogP contribution is 2.16. The molecule has 0 aliphatic carbocycles. The number of fused-ring (bicyclic) bond motifs is 3. The van der Waals surface area contributed by atoms with E-state index >= 15 is 0 Å². The lowest BCUT2D eigenvalue weighted by Gasteiger charge is -2.10. The van der Waals surface area contributed by atoms with E-state index in [9.17, 15) is 9.59 Å². The van der Waals surface area contributed by atoms with Gasteiger partial charge in [-0.3, -0.25) is 18.3 Å². The van der Waals surface area contributed by atoms with Crippen LogP contribution in [0.4, 0.5) is 0 Å². The highest BCUT2D eigenvalue weighted by Gasteiger charge is 2.19. The Morgan fingerprint density at radius 1 is 1.10 bits per heavy atom. The van der Waals surface area contributed by atoms with Crippen LogP contribution in [-0.4, -0.2) is 48.6 Å². The second-order valence-corrected chi connectivity index (χ2v) is 8.10. The minimum atomic E-state index is -0.369. The average Bonchev–Trinajstić information content (AvgIpc) is 3.25. The summed E-state index contributed by atoms with van der Waals surface area (Å²) in [6.07, 6.45) is 6.64.